The Morgan fingerprint density at radius 3 is 2.00 bits per heavy atom. The lowest BCUT2D eigenvalue weighted by molar-refractivity contribution is -0.195. The van der Waals surface area contributed by atoms with Crippen molar-refractivity contribution in [1.82, 2.24) is 0 Å². The van der Waals surface area contributed by atoms with Crippen LogP contribution in [0.2, 0.25) is 0 Å². The predicted octanol–water partition coefficient (Wildman–Crippen LogP) is 4.56. The zero-order valence-electron chi connectivity index (χ0n) is 18.5. The number of ether oxygens (including phenoxy) is 3. The maximum atomic E-state index is 12.3. The number of carbonyl (C=O) groups excluding carboxylic acids is 1. The number of methoxy groups -OCH3 is 1. The highest BCUT2D eigenvalue weighted by molar-refractivity contribution is 5.70. The highest BCUT2D eigenvalue weighted by Crippen LogP contribution is 2.43. The van der Waals surface area contributed by atoms with Crippen molar-refractivity contribution in [3.05, 3.63) is 0 Å². The zero-order chi connectivity index (χ0) is 20.6. The van der Waals surface area contributed by atoms with Crippen LogP contribution in [0.3, 0.4) is 0 Å². The Morgan fingerprint density at radius 1 is 1.00 bits per heavy atom. The number of carbonyl (C=O) groups is 1. The molecule has 0 aliphatic heterocycles. The van der Waals surface area contributed by atoms with Crippen molar-refractivity contribution in [2.75, 3.05) is 20.3 Å². The van der Waals surface area contributed by atoms with Crippen LogP contribution in [0, 0.1) is 16.2 Å². The largest absolute Gasteiger partial charge is 0.460 e. The minimum atomic E-state index is -0.656. The molecule has 0 aliphatic carbocycles. The second-order valence-corrected chi connectivity index (χ2v) is 10.1. The molecule has 1 N–H and O–H groups in total. The Hall–Kier alpha value is -0.650. The molecule has 5 heteroatoms. The fourth-order valence-corrected chi connectivity index (χ4v) is 4.10. The molecular formula is C21H42O5. The van der Waals surface area contributed by atoms with E-state index >= 15 is 0 Å². The maximum absolute atomic E-state index is 12.3. The van der Waals surface area contributed by atoms with Crippen molar-refractivity contribution in [1.29, 1.82) is 0 Å². The predicted molar refractivity (Wildman–Crippen MR) is 105 cm³/mol. The smallest absolute Gasteiger partial charge is 0.306 e. The van der Waals surface area contributed by atoms with E-state index in [-0.39, 0.29) is 41.5 Å². The molecule has 0 amide bonds. The lowest BCUT2D eigenvalue weighted by Gasteiger charge is -2.38. The van der Waals surface area contributed by atoms with Gasteiger partial charge in [-0.25, -0.2) is 0 Å². The number of hydrogen-bond acceptors (Lipinski definition) is 5. The Kier molecular flexibility index (Phi) is 10.4. The van der Waals surface area contributed by atoms with E-state index in [9.17, 15) is 9.90 Å². The quantitative estimate of drug-likeness (QED) is 0.401. The van der Waals surface area contributed by atoms with E-state index in [1.165, 1.54) is 7.11 Å². The molecule has 156 valence electrons. The van der Waals surface area contributed by atoms with Crippen LogP contribution in [-0.2, 0) is 19.0 Å². The summed E-state index contributed by atoms with van der Waals surface area (Å²) in [6.07, 6.45) is 2.09. The Balaban J connectivity index is 4.55. The molecular weight excluding hydrogens is 332 g/mol. The number of aliphatic hydroxyl groups is 1. The third-order valence-corrected chi connectivity index (χ3v) is 4.24. The molecule has 0 rings (SSSR count). The Labute approximate surface area is 160 Å². The third-order valence-electron chi connectivity index (χ3n) is 4.24. The maximum Gasteiger partial charge on any atom is 0.306 e. The van der Waals surface area contributed by atoms with Gasteiger partial charge in [0.2, 0.25) is 0 Å². The summed E-state index contributed by atoms with van der Waals surface area (Å²) < 4.78 is 16.1. The SMILES string of the molecule is CCC(CO)OC(COC(=O)CC(C)(C)CC(C)(C)CC(C)(C)C)OC. The average molecular weight is 375 g/mol. The molecule has 0 radical (unpaired) electrons. The summed E-state index contributed by atoms with van der Waals surface area (Å²) in [4.78, 5) is 12.3. The zero-order valence-corrected chi connectivity index (χ0v) is 18.5. The topological polar surface area (TPSA) is 65.0 Å². The van der Waals surface area contributed by atoms with Gasteiger partial charge in [-0.2, -0.15) is 0 Å². The molecule has 2 unspecified atom stereocenters. The summed E-state index contributed by atoms with van der Waals surface area (Å²) in [6, 6.07) is 0. The van der Waals surface area contributed by atoms with E-state index in [0.29, 0.717) is 12.8 Å². The van der Waals surface area contributed by atoms with Gasteiger partial charge in [-0.3, -0.25) is 4.79 Å². The number of hydrogen-bond donors (Lipinski definition) is 1. The highest BCUT2D eigenvalue weighted by Gasteiger charge is 2.34. The first-order valence-corrected chi connectivity index (χ1v) is 9.68. The van der Waals surface area contributed by atoms with Crippen molar-refractivity contribution in [3.8, 4) is 0 Å². The first-order chi connectivity index (χ1) is 11.7. The second-order valence-electron chi connectivity index (χ2n) is 10.1. The Morgan fingerprint density at radius 2 is 1.58 bits per heavy atom. The summed E-state index contributed by atoms with van der Waals surface area (Å²) in [6.45, 7) is 17.4. The normalized spacial score (nSPS) is 15.6. The van der Waals surface area contributed by atoms with Gasteiger partial charge in [0.05, 0.1) is 19.1 Å². The van der Waals surface area contributed by atoms with E-state index in [1.807, 2.05) is 6.92 Å². The molecule has 0 heterocycles. The molecule has 0 saturated carbocycles. The number of aliphatic hydroxyl groups excluding tert-OH is 1. The molecule has 0 saturated heterocycles. The van der Waals surface area contributed by atoms with Crippen LogP contribution in [0.25, 0.3) is 0 Å². The molecule has 26 heavy (non-hydrogen) atoms. The van der Waals surface area contributed by atoms with E-state index in [0.717, 1.165) is 12.8 Å². The van der Waals surface area contributed by atoms with E-state index in [2.05, 4.69) is 48.5 Å². The number of rotatable bonds is 12. The molecule has 0 fully saturated rings. The van der Waals surface area contributed by atoms with Gasteiger partial charge in [0.1, 0.15) is 6.61 Å². The molecule has 0 aliphatic rings. The molecule has 2 atom stereocenters. The molecule has 5 nitrogen and oxygen atoms in total. The average Bonchev–Trinajstić information content (AvgIpc) is 2.43. The monoisotopic (exact) mass is 374 g/mol. The fourth-order valence-electron chi connectivity index (χ4n) is 4.10. The van der Waals surface area contributed by atoms with Crippen molar-refractivity contribution < 1.29 is 24.1 Å². The van der Waals surface area contributed by atoms with E-state index in [1.54, 1.807) is 0 Å². The Bertz CT molecular complexity index is 405. The van der Waals surface area contributed by atoms with Gasteiger partial charge in [0, 0.05) is 7.11 Å². The fraction of sp³-hybridized carbons (Fsp3) is 0.952. The number of esters is 1. The lowest BCUT2D eigenvalue weighted by Crippen LogP contribution is -2.32. The minimum absolute atomic E-state index is 0.0350. The van der Waals surface area contributed by atoms with Crippen LogP contribution in [-0.4, -0.2) is 43.8 Å². The molecule has 0 spiro atoms. The first-order valence-electron chi connectivity index (χ1n) is 9.68. The van der Waals surface area contributed by atoms with Crippen molar-refractivity contribution in [2.24, 2.45) is 16.2 Å². The van der Waals surface area contributed by atoms with Gasteiger partial charge in [0.15, 0.2) is 6.29 Å². The van der Waals surface area contributed by atoms with E-state index in [4.69, 9.17) is 14.2 Å². The lowest BCUT2D eigenvalue weighted by atomic mass is 9.67. The van der Waals surface area contributed by atoms with Crippen LogP contribution in [0.15, 0.2) is 0 Å². The molecule has 0 bridgehead atoms. The van der Waals surface area contributed by atoms with Gasteiger partial charge >= 0.3 is 5.97 Å². The van der Waals surface area contributed by atoms with Gasteiger partial charge in [0.25, 0.3) is 0 Å². The second kappa shape index (κ2) is 10.6. The minimum Gasteiger partial charge on any atom is -0.460 e. The first kappa shape index (κ1) is 25.4. The van der Waals surface area contributed by atoms with Crippen LogP contribution >= 0.6 is 0 Å². The third kappa shape index (κ3) is 11.9. The van der Waals surface area contributed by atoms with Gasteiger partial charge in [-0.05, 0) is 35.5 Å². The van der Waals surface area contributed by atoms with Crippen molar-refractivity contribution in [3.63, 3.8) is 0 Å². The van der Waals surface area contributed by atoms with Crippen molar-refractivity contribution in [2.45, 2.75) is 93.5 Å². The summed E-state index contributed by atoms with van der Waals surface area (Å²) >= 11 is 0. The highest BCUT2D eigenvalue weighted by atomic mass is 16.7. The molecule has 0 aromatic carbocycles. The summed E-state index contributed by atoms with van der Waals surface area (Å²) in [7, 11) is 1.50. The molecule has 0 aromatic heterocycles. The standard InChI is InChI=1S/C21H42O5/c1-10-16(12-22)26-18(24-9)13-25-17(23)11-20(5,6)15-21(7,8)14-19(2,3)4/h16,18,22H,10-15H2,1-9H3. The van der Waals surface area contributed by atoms with Crippen LogP contribution < -0.4 is 0 Å². The molecule has 0 aromatic rings. The summed E-state index contributed by atoms with van der Waals surface area (Å²) in [5.74, 6) is -0.246. The summed E-state index contributed by atoms with van der Waals surface area (Å²) in [5, 5.41) is 9.20. The van der Waals surface area contributed by atoms with Crippen LogP contribution in [0.5, 0.6) is 0 Å². The van der Waals surface area contributed by atoms with Gasteiger partial charge in [-0.15, -0.1) is 0 Å². The van der Waals surface area contributed by atoms with Crippen LogP contribution in [0.4, 0.5) is 0 Å². The van der Waals surface area contributed by atoms with Crippen molar-refractivity contribution >= 4 is 5.97 Å². The van der Waals surface area contributed by atoms with Gasteiger partial charge in [-0.1, -0.05) is 55.4 Å². The van der Waals surface area contributed by atoms with E-state index < -0.39 is 6.29 Å². The van der Waals surface area contributed by atoms with Crippen LogP contribution in [0.1, 0.15) is 81.1 Å². The summed E-state index contributed by atoms with van der Waals surface area (Å²) in [5.41, 5.74) is 0.258. The van der Waals surface area contributed by atoms with Gasteiger partial charge < -0.3 is 19.3 Å².